The fourth-order valence-electron chi connectivity index (χ4n) is 2.98. The molecule has 3 amide bonds. The van der Waals surface area contributed by atoms with Gasteiger partial charge in [-0.05, 0) is 55.5 Å². The summed E-state index contributed by atoms with van der Waals surface area (Å²) < 4.78 is 5.17. The molecule has 0 aliphatic rings. The normalized spacial score (nSPS) is 10.2. The summed E-state index contributed by atoms with van der Waals surface area (Å²) in [6.45, 7) is 2.90. The summed E-state index contributed by atoms with van der Waals surface area (Å²) in [5.74, 6) is -1.46. The Balaban J connectivity index is 1.50. The van der Waals surface area contributed by atoms with Gasteiger partial charge in [0.1, 0.15) is 0 Å². The number of esters is 1. The van der Waals surface area contributed by atoms with Gasteiger partial charge in [0.2, 0.25) is 11.8 Å². The Morgan fingerprint density at radius 2 is 1.29 bits per heavy atom. The van der Waals surface area contributed by atoms with E-state index in [1.807, 2.05) is 31.2 Å². The predicted octanol–water partition coefficient (Wildman–Crippen LogP) is 4.48. The van der Waals surface area contributed by atoms with Crippen LogP contribution in [0.15, 0.2) is 77.7 Å². The first kappa shape index (κ1) is 25.5. The second kappa shape index (κ2) is 12.4. The van der Waals surface area contributed by atoms with E-state index in [2.05, 4.69) is 16.0 Å². The van der Waals surface area contributed by atoms with E-state index >= 15 is 0 Å². The molecular formula is C26H25N3O5S. The van der Waals surface area contributed by atoms with Crippen LogP contribution in [0.5, 0.6) is 0 Å². The van der Waals surface area contributed by atoms with Gasteiger partial charge >= 0.3 is 5.97 Å². The van der Waals surface area contributed by atoms with Gasteiger partial charge in [0.05, 0.1) is 11.3 Å². The molecule has 3 aromatic rings. The minimum atomic E-state index is -0.664. The number of hydrogen-bond donors (Lipinski definition) is 3. The summed E-state index contributed by atoms with van der Waals surface area (Å²) in [6, 6.07) is 20.7. The molecule has 0 aliphatic carbocycles. The molecule has 0 fully saturated rings. The molecule has 9 heteroatoms. The van der Waals surface area contributed by atoms with Crippen molar-refractivity contribution < 1.29 is 23.9 Å². The van der Waals surface area contributed by atoms with Crippen LogP contribution < -0.4 is 16.0 Å². The maximum absolute atomic E-state index is 12.6. The smallest absolute Gasteiger partial charge is 0.339 e. The highest BCUT2D eigenvalue weighted by Crippen LogP contribution is 2.24. The average Bonchev–Trinajstić information content (AvgIpc) is 2.84. The quantitative estimate of drug-likeness (QED) is 0.300. The van der Waals surface area contributed by atoms with Crippen LogP contribution in [0.25, 0.3) is 0 Å². The number of rotatable bonds is 9. The van der Waals surface area contributed by atoms with Gasteiger partial charge in [0, 0.05) is 28.9 Å². The highest BCUT2D eigenvalue weighted by Gasteiger charge is 2.16. The number of amides is 3. The van der Waals surface area contributed by atoms with Crippen LogP contribution in [0.3, 0.4) is 0 Å². The molecule has 3 N–H and O–H groups in total. The van der Waals surface area contributed by atoms with Gasteiger partial charge in [-0.1, -0.05) is 29.8 Å². The maximum atomic E-state index is 12.6. The van der Waals surface area contributed by atoms with E-state index in [-0.39, 0.29) is 23.1 Å². The molecule has 0 radical (unpaired) electrons. The van der Waals surface area contributed by atoms with Crippen molar-refractivity contribution in [2.45, 2.75) is 18.7 Å². The van der Waals surface area contributed by atoms with Crippen LogP contribution in [0.1, 0.15) is 22.8 Å². The average molecular weight is 492 g/mol. The Hall–Kier alpha value is -4.11. The fraction of sp³-hybridized carbons (Fsp3) is 0.154. The summed E-state index contributed by atoms with van der Waals surface area (Å²) >= 11 is 1.20. The van der Waals surface area contributed by atoms with Crippen molar-refractivity contribution in [3.8, 4) is 0 Å². The molecule has 0 saturated carbocycles. The fourth-order valence-corrected chi connectivity index (χ4v) is 3.82. The van der Waals surface area contributed by atoms with Crippen molar-refractivity contribution in [1.29, 1.82) is 0 Å². The van der Waals surface area contributed by atoms with Crippen LogP contribution in [0.4, 0.5) is 17.1 Å². The van der Waals surface area contributed by atoms with Crippen LogP contribution in [0, 0.1) is 6.92 Å². The molecular weight excluding hydrogens is 466 g/mol. The Labute approximate surface area is 207 Å². The number of carbonyl (C=O) groups excluding carboxylic acids is 4. The first-order valence-corrected chi connectivity index (χ1v) is 11.7. The lowest BCUT2D eigenvalue weighted by molar-refractivity contribution is -0.119. The van der Waals surface area contributed by atoms with Gasteiger partial charge < -0.3 is 20.7 Å². The largest absolute Gasteiger partial charge is 0.452 e. The Morgan fingerprint density at radius 1 is 0.743 bits per heavy atom. The summed E-state index contributed by atoms with van der Waals surface area (Å²) in [6.07, 6.45) is 0. The molecule has 35 heavy (non-hydrogen) atoms. The monoisotopic (exact) mass is 491 g/mol. The van der Waals surface area contributed by atoms with Gasteiger partial charge in [0.15, 0.2) is 6.61 Å². The van der Waals surface area contributed by atoms with Crippen molar-refractivity contribution in [3.63, 3.8) is 0 Å². The molecule has 0 unspecified atom stereocenters. The van der Waals surface area contributed by atoms with Crippen molar-refractivity contribution in [2.75, 3.05) is 28.3 Å². The van der Waals surface area contributed by atoms with E-state index in [4.69, 9.17) is 4.74 Å². The van der Waals surface area contributed by atoms with E-state index < -0.39 is 18.5 Å². The number of nitrogens with one attached hydrogen (secondary N) is 3. The van der Waals surface area contributed by atoms with Crippen molar-refractivity contribution in [2.24, 2.45) is 0 Å². The van der Waals surface area contributed by atoms with Crippen LogP contribution in [-0.4, -0.2) is 36.1 Å². The van der Waals surface area contributed by atoms with Crippen LogP contribution >= 0.6 is 11.8 Å². The van der Waals surface area contributed by atoms with Gasteiger partial charge in [-0.2, -0.15) is 0 Å². The molecule has 8 nitrogen and oxygen atoms in total. The van der Waals surface area contributed by atoms with Crippen molar-refractivity contribution >= 4 is 52.5 Å². The Bertz CT molecular complexity index is 1210. The standard InChI is InChI=1S/C26H25N3O5S/c1-17-7-9-20(10-8-17)29-25(32)16-35-23-6-4-3-5-22(23)26(33)34-15-24(31)28-21-13-11-19(12-14-21)27-18(2)30/h3-14H,15-16H2,1-2H3,(H,27,30)(H,28,31)(H,29,32). The molecule has 0 aliphatic heterocycles. The van der Waals surface area contributed by atoms with Gasteiger partial charge in [-0.25, -0.2) is 4.79 Å². The molecule has 0 saturated heterocycles. The second-order valence-corrected chi connectivity index (χ2v) is 8.60. The summed E-state index contributed by atoms with van der Waals surface area (Å²) in [7, 11) is 0. The maximum Gasteiger partial charge on any atom is 0.339 e. The van der Waals surface area contributed by atoms with Gasteiger partial charge in [0.25, 0.3) is 5.91 Å². The highest BCUT2D eigenvalue weighted by atomic mass is 32.2. The number of hydrogen-bond acceptors (Lipinski definition) is 6. The van der Waals surface area contributed by atoms with Gasteiger partial charge in [-0.3, -0.25) is 14.4 Å². The third kappa shape index (κ3) is 8.31. The molecule has 3 aromatic carbocycles. The third-order valence-electron chi connectivity index (χ3n) is 4.62. The zero-order valence-corrected chi connectivity index (χ0v) is 20.1. The van der Waals surface area contributed by atoms with E-state index in [9.17, 15) is 19.2 Å². The SMILES string of the molecule is CC(=O)Nc1ccc(NC(=O)COC(=O)c2ccccc2SCC(=O)Nc2ccc(C)cc2)cc1. The first-order valence-electron chi connectivity index (χ1n) is 10.7. The second-order valence-electron chi connectivity index (χ2n) is 7.58. The van der Waals surface area contributed by atoms with Crippen molar-refractivity contribution in [3.05, 3.63) is 83.9 Å². The molecule has 0 bridgehead atoms. The lowest BCUT2D eigenvalue weighted by Gasteiger charge is -2.10. The van der Waals surface area contributed by atoms with Crippen molar-refractivity contribution in [1.82, 2.24) is 0 Å². The lowest BCUT2D eigenvalue weighted by Crippen LogP contribution is -2.21. The number of ether oxygens (including phenoxy) is 1. The zero-order chi connectivity index (χ0) is 25.2. The minimum absolute atomic E-state index is 0.104. The van der Waals surface area contributed by atoms with E-state index in [0.29, 0.717) is 22.0 Å². The summed E-state index contributed by atoms with van der Waals surface area (Å²) in [4.78, 5) is 48.7. The van der Waals surface area contributed by atoms with E-state index in [1.165, 1.54) is 18.7 Å². The number of thioether (sulfide) groups is 1. The van der Waals surface area contributed by atoms with E-state index in [0.717, 1.165) is 5.56 Å². The number of aryl methyl sites for hydroxylation is 1. The van der Waals surface area contributed by atoms with E-state index in [1.54, 1.807) is 48.5 Å². The highest BCUT2D eigenvalue weighted by molar-refractivity contribution is 8.00. The lowest BCUT2D eigenvalue weighted by atomic mass is 10.2. The molecule has 0 aromatic heterocycles. The molecule has 180 valence electrons. The Kier molecular flexibility index (Phi) is 9.02. The number of anilines is 3. The third-order valence-corrected chi connectivity index (χ3v) is 5.70. The first-order chi connectivity index (χ1) is 16.8. The molecule has 0 heterocycles. The zero-order valence-electron chi connectivity index (χ0n) is 19.3. The molecule has 3 rings (SSSR count). The van der Waals surface area contributed by atoms with Crippen LogP contribution in [0.2, 0.25) is 0 Å². The summed E-state index contributed by atoms with van der Waals surface area (Å²) in [5, 5.41) is 8.07. The summed E-state index contributed by atoms with van der Waals surface area (Å²) in [5.41, 5.74) is 3.16. The minimum Gasteiger partial charge on any atom is -0.452 e. The Morgan fingerprint density at radius 3 is 1.91 bits per heavy atom. The topological polar surface area (TPSA) is 114 Å². The van der Waals surface area contributed by atoms with Gasteiger partial charge in [-0.15, -0.1) is 11.8 Å². The van der Waals surface area contributed by atoms with Crippen LogP contribution in [-0.2, 0) is 19.1 Å². The predicted molar refractivity (Wildman–Crippen MR) is 137 cm³/mol. The molecule has 0 spiro atoms. The number of carbonyl (C=O) groups is 4. The molecule has 0 atom stereocenters. The number of benzene rings is 3.